The van der Waals surface area contributed by atoms with Gasteiger partial charge in [0.2, 0.25) is 5.91 Å². The van der Waals surface area contributed by atoms with Gasteiger partial charge >= 0.3 is 6.03 Å². The summed E-state index contributed by atoms with van der Waals surface area (Å²) in [6.07, 6.45) is 3.49. The zero-order valence-corrected chi connectivity index (χ0v) is 14.5. The second kappa shape index (κ2) is 7.25. The first-order valence-electron chi connectivity index (χ1n) is 9.03. The van der Waals surface area contributed by atoms with Crippen LogP contribution in [0.25, 0.3) is 0 Å². The zero-order valence-electron chi connectivity index (χ0n) is 14.5. The summed E-state index contributed by atoms with van der Waals surface area (Å²) in [5.74, 6) is -0.144. The van der Waals surface area contributed by atoms with E-state index >= 15 is 0 Å². The lowest BCUT2D eigenvalue weighted by Crippen LogP contribution is -2.68. The van der Waals surface area contributed by atoms with Gasteiger partial charge in [-0.25, -0.2) is 4.79 Å². The fourth-order valence-electron chi connectivity index (χ4n) is 3.78. The Kier molecular flexibility index (Phi) is 4.67. The molecule has 0 spiro atoms. The second-order valence-corrected chi connectivity index (χ2v) is 6.78. The molecule has 6 heteroatoms. The van der Waals surface area contributed by atoms with E-state index in [1.807, 2.05) is 53.4 Å². The Labute approximate surface area is 152 Å². The van der Waals surface area contributed by atoms with Crippen molar-refractivity contribution >= 4 is 11.9 Å². The normalized spacial score (nSPS) is 23.1. The standard InChI is InChI=1S/C20H22N4O2/c25-19-18-17(10-6-12-22-18)23(13-15-7-2-1-3-8-15)20(26)24(19)14-16-9-4-5-11-21-16/h1-5,7-9,11,17-18,22H,6,10,12-14H2. The summed E-state index contributed by atoms with van der Waals surface area (Å²) in [7, 11) is 0. The van der Waals surface area contributed by atoms with Gasteiger partial charge in [-0.3, -0.25) is 14.7 Å². The van der Waals surface area contributed by atoms with Crippen molar-refractivity contribution in [3.63, 3.8) is 0 Å². The summed E-state index contributed by atoms with van der Waals surface area (Å²) in [5.41, 5.74) is 1.78. The van der Waals surface area contributed by atoms with Crippen LogP contribution in [0, 0.1) is 0 Å². The van der Waals surface area contributed by atoms with Crippen LogP contribution in [-0.4, -0.2) is 45.4 Å². The summed E-state index contributed by atoms with van der Waals surface area (Å²) in [6, 6.07) is 14.8. The Hall–Kier alpha value is -2.73. The number of urea groups is 1. The van der Waals surface area contributed by atoms with Gasteiger partial charge in [-0.15, -0.1) is 0 Å². The highest BCUT2D eigenvalue weighted by atomic mass is 16.2. The van der Waals surface area contributed by atoms with E-state index in [0.29, 0.717) is 12.2 Å². The van der Waals surface area contributed by atoms with E-state index < -0.39 is 0 Å². The maximum Gasteiger partial charge on any atom is 0.327 e. The molecule has 1 aromatic heterocycles. The first-order chi connectivity index (χ1) is 12.7. The molecule has 0 radical (unpaired) electrons. The predicted molar refractivity (Wildman–Crippen MR) is 97.0 cm³/mol. The molecule has 0 saturated carbocycles. The van der Waals surface area contributed by atoms with Crippen molar-refractivity contribution in [2.75, 3.05) is 6.54 Å². The molecule has 4 rings (SSSR count). The number of pyridine rings is 1. The van der Waals surface area contributed by atoms with Crippen LogP contribution in [0.15, 0.2) is 54.7 Å². The molecule has 3 heterocycles. The van der Waals surface area contributed by atoms with Crippen molar-refractivity contribution in [3.8, 4) is 0 Å². The average Bonchev–Trinajstić information content (AvgIpc) is 2.70. The van der Waals surface area contributed by atoms with E-state index in [1.54, 1.807) is 6.20 Å². The fraction of sp³-hybridized carbons (Fsp3) is 0.350. The lowest BCUT2D eigenvalue weighted by Gasteiger charge is -2.47. The molecule has 2 aliphatic heterocycles. The number of amides is 3. The monoisotopic (exact) mass is 350 g/mol. The lowest BCUT2D eigenvalue weighted by molar-refractivity contribution is -0.137. The van der Waals surface area contributed by atoms with Crippen molar-refractivity contribution in [2.45, 2.75) is 38.0 Å². The van der Waals surface area contributed by atoms with Gasteiger partial charge in [0.15, 0.2) is 0 Å². The first kappa shape index (κ1) is 16.7. The van der Waals surface area contributed by atoms with Gasteiger partial charge in [0.1, 0.15) is 6.04 Å². The number of carbonyl (C=O) groups excluding carboxylic acids is 2. The molecule has 134 valence electrons. The number of nitrogens with zero attached hydrogens (tertiary/aromatic N) is 3. The maximum absolute atomic E-state index is 13.2. The molecule has 3 amide bonds. The van der Waals surface area contributed by atoms with Crippen molar-refractivity contribution in [3.05, 3.63) is 66.0 Å². The maximum atomic E-state index is 13.2. The second-order valence-electron chi connectivity index (χ2n) is 6.78. The SMILES string of the molecule is O=C1C2NCCCC2N(Cc2ccccc2)C(=O)N1Cc1ccccn1. The van der Waals surface area contributed by atoms with Crippen LogP contribution in [-0.2, 0) is 17.9 Å². The van der Waals surface area contributed by atoms with E-state index in [-0.39, 0.29) is 30.6 Å². The van der Waals surface area contributed by atoms with Gasteiger partial charge in [0.05, 0.1) is 18.3 Å². The van der Waals surface area contributed by atoms with Crippen molar-refractivity contribution in [1.82, 2.24) is 20.1 Å². The molecule has 6 nitrogen and oxygen atoms in total. The number of benzene rings is 1. The third-order valence-electron chi connectivity index (χ3n) is 5.08. The Balaban J connectivity index is 1.62. The van der Waals surface area contributed by atoms with Crippen molar-refractivity contribution in [1.29, 1.82) is 0 Å². The molecular formula is C20H22N4O2. The topological polar surface area (TPSA) is 65.5 Å². The highest BCUT2D eigenvalue weighted by Crippen LogP contribution is 2.27. The number of fused-ring (bicyclic) bond motifs is 1. The van der Waals surface area contributed by atoms with Crippen LogP contribution in [0.2, 0.25) is 0 Å². The van der Waals surface area contributed by atoms with Crippen LogP contribution < -0.4 is 5.32 Å². The molecule has 0 aliphatic carbocycles. The van der Waals surface area contributed by atoms with Gasteiger partial charge < -0.3 is 10.2 Å². The van der Waals surface area contributed by atoms with Crippen LogP contribution in [0.1, 0.15) is 24.1 Å². The molecule has 2 aromatic rings. The Morgan fingerprint density at radius 2 is 1.85 bits per heavy atom. The number of aromatic nitrogens is 1. The molecule has 1 aromatic carbocycles. The molecule has 2 aliphatic rings. The van der Waals surface area contributed by atoms with E-state index in [9.17, 15) is 9.59 Å². The summed E-state index contributed by atoms with van der Waals surface area (Å²) in [5, 5.41) is 3.32. The molecular weight excluding hydrogens is 328 g/mol. The third kappa shape index (κ3) is 3.20. The molecule has 0 bridgehead atoms. The predicted octanol–water partition coefficient (Wildman–Crippen LogP) is 2.17. The molecule has 1 N–H and O–H groups in total. The third-order valence-corrected chi connectivity index (χ3v) is 5.08. The van der Waals surface area contributed by atoms with Crippen LogP contribution in [0.3, 0.4) is 0 Å². The van der Waals surface area contributed by atoms with Gasteiger partial charge in [-0.1, -0.05) is 36.4 Å². The summed E-state index contributed by atoms with van der Waals surface area (Å²) in [6.45, 7) is 1.51. The number of hydrogen-bond acceptors (Lipinski definition) is 4. The first-order valence-corrected chi connectivity index (χ1v) is 9.03. The van der Waals surface area contributed by atoms with E-state index in [0.717, 1.165) is 24.9 Å². The zero-order chi connectivity index (χ0) is 17.9. The Morgan fingerprint density at radius 3 is 2.62 bits per heavy atom. The largest absolute Gasteiger partial charge is 0.327 e. The molecule has 26 heavy (non-hydrogen) atoms. The van der Waals surface area contributed by atoms with E-state index in [4.69, 9.17) is 0 Å². The summed E-state index contributed by atoms with van der Waals surface area (Å²) < 4.78 is 0. The van der Waals surface area contributed by atoms with Gasteiger partial charge in [0.25, 0.3) is 0 Å². The number of hydrogen-bond donors (Lipinski definition) is 1. The lowest BCUT2D eigenvalue weighted by atomic mass is 9.93. The molecule has 2 saturated heterocycles. The molecule has 2 unspecified atom stereocenters. The van der Waals surface area contributed by atoms with Gasteiger partial charge in [-0.05, 0) is 37.1 Å². The van der Waals surface area contributed by atoms with Crippen LogP contribution >= 0.6 is 0 Å². The molecule has 2 atom stereocenters. The Bertz CT molecular complexity index is 781. The van der Waals surface area contributed by atoms with Crippen LogP contribution in [0.4, 0.5) is 4.79 Å². The highest BCUT2D eigenvalue weighted by Gasteiger charge is 2.47. The van der Waals surface area contributed by atoms with E-state index in [2.05, 4.69) is 10.3 Å². The van der Waals surface area contributed by atoms with Gasteiger partial charge in [0, 0.05) is 12.7 Å². The highest BCUT2D eigenvalue weighted by molar-refractivity contribution is 6.00. The minimum atomic E-state index is -0.339. The average molecular weight is 350 g/mol. The summed E-state index contributed by atoms with van der Waals surface area (Å²) in [4.78, 5) is 33.6. The van der Waals surface area contributed by atoms with Crippen molar-refractivity contribution < 1.29 is 9.59 Å². The van der Waals surface area contributed by atoms with Crippen molar-refractivity contribution in [2.24, 2.45) is 0 Å². The number of rotatable bonds is 4. The number of carbonyl (C=O) groups is 2. The number of piperidine rings is 1. The summed E-state index contributed by atoms with van der Waals surface area (Å²) >= 11 is 0. The minimum Gasteiger partial charge on any atom is -0.315 e. The minimum absolute atomic E-state index is 0.0936. The van der Waals surface area contributed by atoms with Crippen LogP contribution in [0.5, 0.6) is 0 Å². The van der Waals surface area contributed by atoms with Gasteiger partial charge in [-0.2, -0.15) is 0 Å². The number of nitrogens with one attached hydrogen (secondary N) is 1. The smallest absolute Gasteiger partial charge is 0.315 e. The molecule has 2 fully saturated rings. The Morgan fingerprint density at radius 1 is 1.04 bits per heavy atom. The van der Waals surface area contributed by atoms with E-state index in [1.165, 1.54) is 4.90 Å². The number of imide groups is 1. The quantitative estimate of drug-likeness (QED) is 0.918. The fourth-order valence-corrected chi connectivity index (χ4v) is 3.78.